The van der Waals surface area contributed by atoms with Crippen LogP contribution in [0.25, 0.3) is 0 Å². The van der Waals surface area contributed by atoms with E-state index in [9.17, 15) is 0 Å². The van der Waals surface area contributed by atoms with Crippen LogP contribution in [0.3, 0.4) is 0 Å². The highest BCUT2D eigenvalue weighted by molar-refractivity contribution is 8.03. The summed E-state index contributed by atoms with van der Waals surface area (Å²) in [5.74, 6) is 1.14. The van der Waals surface area contributed by atoms with Crippen LogP contribution >= 0.6 is 11.8 Å². The van der Waals surface area contributed by atoms with Crippen LogP contribution in [0, 0.1) is 0 Å². The molecule has 0 saturated carbocycles. The molecule has 0 bridgehead atoms. The first-order chi connectivity index (χ1) is 10.8. The number of allylic oxidation sites excluding steroid dienone is 11. The molecule has 0 radical (unpaired) electrons. The predicted molar refractivity (Wildman–Crippen MR) is 106 cm³/mol. The number of hydrogen-bond donors (Lipinski definition) is 0. The molecule has 0 aromatic carbocycles. The molecule has 0 saturated heterocycles. The fraction of sp³-hybridized carbons (Fsp3) is 0.429. The van der Waals surface area contributed by atoms with Gasteiger partial charge in [-0.15, -0.1) is 11.8 Å². The Morgan fingerprint density at radius 3 is 1.55 bits per heavy atom. The lowest BCUT2D eigenvalue weighted by Crippen LogP contribution is -1.74. The largest absolute Gasteiger partial charge is 0.131 e. The van der Waals surface area contributed by atoms with Crippen molar-refractivity contribution in [2.45, 2.75) is 52.4 Å². The summed E-state index contributed by atoms with van der Waals surface area (Å²) >= 11 is 1.84. The molecular weight excluding hydrogens is 284 g/mol. The topological polar surface area (TPSA) is 0 Å². The Kier molecular flexibility index (Phi) is 16.9. The molecule has 0 unspecified atom stereocenters. The van der Waals surface area contributed by atoms with Crippen LogP contribution in [0.2, 0.25) is 0 Å². The monoisotopic (exact) mass is 316 g/mol. The zero-order valence-corrected chi connectivity index (χ0v) is 15.2. The van der Waals surface area contributed by atoms with Gasteiger partial charge in [-0.1, -0.05) is 74.3 Å². The zero-order chi connectivity index (χ0) is 16.3. The molecule has 0 spiro atoms. The molecular formula is C21H32S. The summed E-state index contributed by atoms with van der Waals surface area (Å²) < 4.78 is 0. The summed E-state index contributed by atoms with van der Waals surface area (Å²) in [7, 11) is 0. The van der Waals surface area contributed by atoms with E-state index in [-0.39, 0.29) is 0 Å². The molecule has 0 fully saturated rings. The van der Waals surface area contributed by atoms with Crippen molar-refractivity contribution in [3.63, 3.8) is 0 Å². The van der Waals surface area contributed by atoms with Crippen molar-refractivity contribution in [1.29, 1.82) is 0 Å². The van der Waals surface area contributed by atoms with Crippen molar-refractivity contribution in [2.24, 2.45) is 0 Å². The molecule has 0 rings (SSSR count). The van der Waals surface area contributed by atoms with Crippen molar-refractivity contribution in [3.05, 3.63) is 72.2 Å². The lowest BCUT2D eigenvalue weighted by Gasteiger charge is -1.94. The van der Waals surface area contributed by atoms with Gasteiger partial charge in [-0.2, -0.15) is 0 Å². The summed E-state index contributed by atoms with van der Waals surface area (Å²) in [6.07, 6.45) is 28.7. The third kappa shape index (κ3) is 18.8. The first kappa shape index (κ1) is 20.8. The standard InChI is InChI=1S/C21H32S/c1-4-5-6-7-8-9-10-11-12-13-14-15-16-17-18-19-20-22-21(2)3/h5-6,8-9,11-12,14-15,17-18H,2,4,7,10,13,16,19-20H2,1,3H3/b6-5-,9-8-,12-11-,15-14-,18-17-. The molecule has 0 heterocycles. The fourth-order valence-corrected chi connectivity index (χ4v) is 2.27. The molecule has 1 heteroatoms. The average Bonchev–Trinajstić information content (AvgIpc) is 2.50. The van der Waals surface area contributed by atoms with E-state index in [0.29, 0.717) is 0 Å². The molecule has 0 atom stereocenters. The minimum Gasteiger partial charge on any atom is -0.131 e. The molecule has 0 N–H and O–H groups in total. The smallest absolute Gasteiger partial charge is 0.00111 e. The van der Waals surface area contributed by atoms with Gasteiger partial charge >= 0.3 is 0 Å². The molecule has 0 aliphatic heterocycles. The first-order valence-corrected chi connectivity index (χ1v) is 9.29. The highest BCUT2D eigenvalue weighted by Crippen LogP contribution is 2.12. The Morgan fingerprint density at radius 1 is 0.727 bits per heavy atom. The highest BCUT2D eigenvalue weighted by atomic mass is 32.2. The highest BCUT2D eigenvalue weighted by Gasteiger charge is 1.84. The van der Waals surface area contributed by atoms with Gasteiger partial charge in [-0.25, -0.2) is 0 Å². The molecule has 122 valence electrons. The van der Waals surface area contributed by atoms with Crippen molar-refractivity contribution >= 4 is 11.8 Å². The van der Waals surface area contributed by atoms with Gasteiger partial charge in [-0.3, -0.25) is 0 Å². The lowest BCUT2D eigenvalue weighted by molar-refractivity contribution is 1.19. The van der Waals surface area contributed by atoms with Gasteiger partial charge in [0.1, 0.15) is 0 Å². The minimum absolute atomic E-state index is 1.03. The quantitative estimate of drug-likeness (QED) is 0.252. The summed E-state index contributed by atoms with van der Waals surface area (Å²) in [6.45, 7) is 8.10. The van der Waals surface area contributed by atoms with E-state index in [1.807, 2.05) is 11.8 Å². The molecule has 0 aromatic rings. The second kappa shape index (κ2) is 17.8. The Hall–Kier alpha value is -1.21. The lowest BCUT2D eigenvalue weighted by atomic mass is 10.2. The van der Waals surface area contributed by atoms with E-state index in [1.54, 1.807) is 0 Å². The summed E-state index contributed by atoms with van der Waals surface area (Å²) in [4.78, 5) is 1.20. The van der Waals surface area contributed by atoms with Crippen molar-refractivity contribution in [1.82, 2.24) is 0 Å². The zero-order valence-electron chi connectivity index (χ0n) is 14.3. The second-order valence-corrected chi connectivity index (χ2v) is 6.44. The van der Waals surface area contributed by atoms with Crippen LogP contribution in [0.4, 0.5) is 0 Å². The van der Waals surface area contributed by atoms with Gasteiger partial charge in [0.05, 0.1) is 0 Å². The van der Waals surface area contributed by atoms with Crippen molar-refractivity contribution in [3.8, 4) is 0 Å². The van der Waals surface area contributed by atoms with Crippen LogP contribution in [0.1, 0.15) is 52.4 Å². The average molecular weight is 317 g/mol. The van der Waals surface area contributed by atoms with E-state index in [1.165, 1.54) is 4.91 Å². The summed E-state index contributed by atoms with van der Waals surface area (Å²) in [5, 5.41) is 0. The molecule has 0 nitrogen and oxygen atoms in total. The third-order valence-electron chi connectivity index (χ3n) is 2.79. The maximum absolute atomic E-state index is 3.88. The normalized spacial score (nSPS) is 12.8. The summed E-state index contributed by atoms with van der Waals surface area (Å²) in [6, 6.07) is 0. The van der Waals surface area contributed by atoms with E-state index >= 15 is 0 Å². The fourth-order valence-electron chi connectivity index (χ4n) is 1.67. The Balaban J connectivity index is 3.46. The second-order valence-electron chi connectivity index (χ2n) is 5.05. The van der Waals surface area contributed by atoms with Crippen LogP contribution < -0.4 is 0 Å². The molecule has 22 heavy (non-hydrogen) atoms. The van der Waals surface area contributed by atoms with E-state index in [4.69, 9.17) is 0 Å². The van der Waals surface area contributed by atoms with Crippen LogP contribution in [0.15, 0.2) is 72.2 Å². The Labute approximate surface area is 142 Å². The first-order valence-electron chi connectivity index (χ1n) is 8.30. The maximum atomic E-state index is 3.88. The SMILES string of the molecule is C=C(C)SCC/C=C\C/C=C\C/C=C\C/C=C\C/C=C\CC. The van der Waals surface area contributed by atoms with Crippen LogP contribution in [0.5, 0.6) is 0 Å². The van der Waals surface area contributed by atoms with Crippen LogP contribution in [-0.2, 0) is 0 Å². The third-order valence-corrected chi connectivity index (χ3v) is 3.72. The summed E-state index contributed by atoms with van der Waals surface area (Å²) in [5.41, 5.74) is 0. The molecule has 0 aromatic heterocycles. The number of rotatable bonds is 13. The minimum atomic E-state index is 1.03. The van der Waals surface area contributed by atoms with Gasteiger partial charge in [0.2, 0.25) is 0 Å². The van der Waals surface area contributed by atoms with Crippen molar-refractivity contribution in [2.75, 3.05) is 5.75 Å². The Bertz CT molecular complexity index is 394. The van der Waals surface area contributed by atoms with E-state index in [0.717, 1.165) is 44.3 Å². The van der Waals surface area contributed by atoms with Gasteiger partial charge in [0.25, 0.3) is 0 Å². The van der Waals surface area contributed by atoms with E-state index < -0.39 is 0 Å². The predicted octanol–water partition coefficient (Wildman–Crippen LogP) is 7.39. The van der Waals surface area contributed by atoms with Crippen molar-refractivity contribution < 1.29 is 0 Å². The molecule has 0 aliphatic rings. The number of thioether (sulfide) groups is 1. The number of hydrogen-bond acceptors (Lipinski definition) is 1. The Morgan fingerprint density at radius 2 is 1.14 bits per heavy atom. The maximum Gasteiger partial charge on any atom is 0.00111 e. The van der Waals surface area contributed by atoms with E-state index in [2.05, 4.69) is 81.2 Å². The van der Waals surface area contributed by atoms with Gasteiger partial charge in [0.15, 0.2) is 0 Å². The molecule has 0 aliphatic carbocycles. The van der Waals surface area contributed by atoms with Gasteiger partial charge < -0.3 is 0 Å². The van der Waals surface area contributed by atoms with Crippen LogP contribution in [-0.4, -0.2) is 5.75 Å². The van der Waals surface area contributed by atoms with Gasteiger partial charge in [0, 0.05) is 5.75 Å². The van der Waals surface area contributed by atoms with Gasteiger partial charge in [-0.05, 0) is 50.4 Å². The molecule has 0 amide bonds.